The van der Waals surface area contributed by atoms with Crippen molar-refractivity contribution in [2.75, 3.05) is 13.7 Å². The highest BCUT2D eigenvalue weighted by atomic mass is 16.5. The third-order valence-electron chi connectivity index (χ3n) is 4.71. The Bertz CT molecular complexity index is 705. The summed E-state index contributed by atoms with van der Waals surface area (Å²) in [6, 6.07) is 7.85. The van der Waals surface area contributed by atoms with Crippen molar-refractivity contribution in [2.45, 2.75) is 44.4 Å². The quantitative estimate of drug-likeness (QED) is 0.881. The van der Waals surface area contributed by atoms with Crippen LogP contribution in [-0.2, 0) is 16.6 Å². The lowest BCUT2D eigenvalue weighted by Crippen LogP contribution is -2.43. The van der Waals surface area contributed by atoms with Crippen LogP contribution in [0.2, 0.25) is 0 Å². The number of ether oxygens (including phenoxy) is 1. The van der Waals surface area contributed by atoms with Crippen LogP contribution in [0.3, 0.4) is 0 Å². The molecule has 0 saturated heterocycles. The molecule has 1 fully saturated rings. The smallest absolute Gasteiger partial charge is 0.230 e. The van der Waals surface area contributed by atoms with Gasteiger partial charge in [0.15, 0.2) is 5.82 Å². The minimum atomic E-state index is -0.459. The second kappa shape index (κ2) is 7.03. The third-order valence-corrected chi connectivity index (χ3v) is 4.71. The standard InChI is InChI=1S/C18H23N3O3/c1-13-20-16(24-21-13)8-11-19-17(22)18(9-3-4-10-18)14-6-5-7-15(12-14)23-2/h5-7,12H,3-4,8-11H2,1-2H3,(H,19,22). The van der Waals surface area contributed by atoms with Gasteiger partial charge < -0.3 is 14.6 Å². The predicted octanol–water partition coefficient (Wildman–Crippen LogP) is 2.56. The Morgan fingerprint density at radius 2 is 2.17 bits per heavy atom. The molecule has 6 heteroatoms. The average molecular weight is 329 g/mol. The molecule has 3 rings (SSSR count). The maximum absolute atomic E-state index is 12.9. The van der Waals surface area contributed by atoms with Gasteiger partial charge in [0.25, 0.3) is 0 Å². The number of carbonyl (C=O) groups is 1. The molecule has 1 heterocycles. The summed E-state index contributed by atoms with van der Waals surface area (Å²) in [4.78, 5) is 17.1. The van der Waals surface area contributed by atoms with Gasteiger partial charge in [-0.15, -0.1) is 0 Å². The Kier molecular flexibility index (Phi) is 4.83. The summed E-state index contributed by atoms with van der Waals surface area (Å²) >= 11 is 0. The molecule has 128 valence electrons. The minimum Gasteiger partial charge on any atom is -0.497 e. The molecule has 1 aromatic carbocycles. The summed E-state index contributed by atoms with van der Waals surface area (Å²) in [6.45, 7) is 2.27. The molecule has 1 saturated carbocycles. The van der Waals surface area contributed by atoms with Gasteiger partial charge >= 0.3 is 0 Å². The van der Waals surface area contributed by atoms with Crippen molar-refractivity contribution in [3.63, 3.8) is 0 Å². The number of rotatable bonds is 6. The first kappa shape index (κ1) is 16.5. The van der Waals surface area contributed by atoms with E-state index in [1.807, 2.05) is 24.3 Å². The zero-order valence-electron chi connectivity index (χ0n) is 14.2. The molecular weight excluding hydrogens is 306 g/mol. The molecule has 0 atom stereocenters. The van der Waals surface area contributed by atoms with E-state index < -0.39 is 5.41 Å². The lowest BCUT2D eigenvalue weighted by molar-refractivity contribution is -0.126. The van der Waals surface area contributed by atoms with Gasteiger partial charge in [-0.05, 0) is 37.5 Å². The van der Waals surface area contributed by atoms with E-state index in [2.05, 4.69) is 15.5 Å². The van der Waals surface area contributed by atoms with E-state index in [0.29, 0.717) is 24.7 Å². The molecule has 0 aliphatic heterocycles. The fraction of sp³-hybridized carbons (Fsp3) is 0.500. The molecule has 1 aliphatic carbocycles. The normalized spacial score (nSPS) is 16.1. The zero-order valence-corrected chi connectivity index (χ0v) is 14.2. The number of methoxy groups -OCH3 is 1. The number of nitrogens with zero attached hydrogens (tertiary/aromatic N) is 2. The van der Waals surface area contributed by atoms with Crippen molar-refractivity contribution in [3.05, 3.63) is 41.5 Å². The second-order valence-electron chi connectivity index (χ2n) is 6.26. The van der Waals surface area contributed by atoms with Crippen LogP contribution in [0.5, 0.6) is 5.75 Å². The Morgan fingerprint density at radius 3 is 2.83 bits per heavy atom. The van der Waals surface area contributed by atoms with E-state index in [9.17, 15) is 4.79 Å². The summed E-state index contributed by atoms with van der Waals surface area (Å²) in [6.07, 6.45) is 4.40. The first-order valence-corrected chi connectivity index (χ1v) is 8.36. The molecule has 0 unspecified atom stereocenters. The number of hydrogen-bond acceptors (Lipinski definition) is 5. The molecule has 1 aliphatic rings. The summed E-state index contributed by atoms with van der Waals surface area (Å²) in [5, 5.41) is 6.81. The number of benzene rings is 1. The average Bonchev–Trinajstić information content (AvgIpc) is 3.25. The predicted molar refractivity (Wildman–Crippen MR) is 88.9 cm³/mol. The third kappa shape index (κ3) is 3.27. The number of hydrogen-bond donors (Lipinski definition) is 1. The fourth-order valence-electron chi connectivity index (χ4n) is 3.44. The molecule has 24 heavy (non-hydrogen) atoms. The van der Waals surface area contributed by atoms with Gasteiger partial charge in [-0.1, -0.05) is 30.1 Å². The van der Waals surface area contributed by atoms with Gasteiger partial charge in [0.05, 0.1) is 12.5 Å². The SMILES string of the molecule is COc1cccc(C2(C(=O)NCCc3nc(C)no3)CCCC2)c1. The van der Waals surface area contributed by atoms with Crippen LogP contribution < -0.4 is 10.1 Å². The van der Waals surface area contributed by atoms with Gasteiger partial charge in [-0.3, -0.25) is 4.79 Å². The van der Waals surface area contributed by atoms with Gasteiger partial charge in [-0.25, -0.2) is 0 Å². The van der Waals surface area contributed by atoms with Crippen LogP contribution in [0.1, 0.15) is 43.0 Å². The molecule has 0 bridgehead atoms. The first-order valence-electron chi connectivity index (χ1n) is 8.36. The summed E-state index contributed by atoms with van der Waals surface area (Å²) in [5.74, 6) is 2.02. The largest absolute Gasteiger partial charge is 0.497 e. The molecule has 0 spiro atoms. The monoisotopic (exact) mass is 329 g/mol. The summed E-state index contributed by atoms with van der Waals surface area (Å²) < 4.78 is 10.4. The minimum absolute atomic E-state index is 0.0736. The summed E-state index contributed by atoms with van der Waals surface area (Å²) in [5.41, 5.74) is 0.574. The molecule has 1 aromatic heterocycles. The van der Waals surface area contributed by atoms with Crippen molar-refractivity contribution in [1.82, 2.24) is 15.5 Å². The highest BCUT2D eigenvalue weighted by Gasteiger charge is 2.42. The lowest BCUT2D eigenvalue weighted by atomic mass is 9.78. The van der Waals surface area contributed by atoms with Gasteiger partial charge in [0, 0.05) is 13.0 Å². The van der Waals surface area contributed by atoms with E-state index in [0.717, 1.165) is 37.0 Å². The Balaban J connectivity index is 1.71. The zero-order chi connectivity index (χ0) is 17.0. The summed E-state index contributed by atoms with van der Waals surface area (Å²) in [7, 11) is 1.65. The molecule has 1 amide bonds. The van der Waals surface area contributed by atoms with E-state index in [-0.39, 0.29) is 5.91 Å². The van der Waals surface area contributed by atoms with Gasteiger partial charge in [0.1, 0.15) is 5.75 Å². The number of amides is 1. The number of aromatic nitrogens is 2. The van der Waals surface area contributed by atoms with E-state index in [1.54, 1.807) is 14.0 Å². The van der Waals surface area contributed by atoms with E-state index in [4.69, 9.17) is 9.26 Å². The fourth-order valence-corrected chi connectivity index (χ4v) is 3.44. The molecule has 1 N–H and O–H groups in total. The first-order chi connectivity index (χ1) is 11.6. The molecule has 2 aromatic rings. The van der Waals surface area contributed by atoms with Crippen LogP contribution in [0, 0.1) is 6.92 Å². The number of carbonyl (C=O) groups excluding carboxylic acids is 1. The van der Waals surface area contributed by atoms with Crippen molar-refractivity contribution in [2.24, 2.45) is 0 Å². The second-order valence-corrected chi connectivity index (χ2v) is 6.26. The van der Waals surface area contributed by atoms with Crippen molar-refractivity contribution in [1.29, 1.82) is 0 Å². The Labute approximate surface area is 141 Å². The topological polar surface area (TPSA) is 77.2 Å². The van der Waals surface area contributed by atoms with Crippen LogP contribution in [-0.4, -0.2) is 29.7 Å². The number of nitrogens with one attached hydrogen (secondary N) is 1. The van der Waals surface area contributed by atoms with E-state index in [1.165, 1.54) is 0 Å². The lowest BCUT2D eigenvalue weighted by Gasteiger charge is -2.28. The van der Waals surface area contributed by atoms with Crippen molar-refractivity contribution < 1.29 is 14.1 Å². The maximum atomic E-state index is 12.9. The molecule has 6 nitrogen and oxygen atoms in total. The van der Waals surface area contributed by atoms with E-state index >= 15 is 0 Å². The van der Waals surface area contributed by atoms with Crippen LogP contribution in [0.25, 0.3) is 0 Å². The van der Waals surface area contributed by atoms with Crippen molar-refractivity contribution >= 4 is 5.91 Å². The maximum Gasteiger partial charge on any atom is 0.230 e. The van der Waals surface area contributed by atoms with Crippen LogP contribution in [0.15, 0.2) is 28.8 Å². The molecule has 0 radical (unpaired) electrons. The van der Waals surface area contributed by atoms with Crippen LogP contribution >= 0.6 is 0 Å². The highest BCUT2D eigenvalue weighted by molar-refractivity contribution is 5.88. The number of aryl methyl sites for hydroxylation is 1. The van der Waals surface area contributed by atoms with Crippen molar-refractivity contribution in [3.8, 4) is 5.75 Å². The molecular formula is C18H23N3O3. The Hall–Kier alpha value is -2.37. The highest BCUT2D eigenvalue weighted by Crippen LogP contribution is 2.42. The van der Waals surface area contributed by atoms with Gasteiger partial charge in [0.2, 0.25) is 11.8 Å². The van der Waals surface area contributed by atoms with Gasteiger partial charge in [-0.2, -0.15) is 4.98 Å². The Morgan fingerprint density at radius 1 is 1.38 bits per heavy atom. The van der Waals surface area contributed by atoms with Crippen LogP contribution in [0.4, 0.5) is 0 Å².